The Morgan fingerprint density at radius 3 is 2.21 bits per heavy atom. The summed E-state index contributed by atoms with van der Waals surface area (Å²) in [6.07, 6.45) is 0. The summed E-state index contributed by atoms with van der Waals surface area (Å²) in [6.45, 7) is 4.01. The van der Waals surface area contributed by atoms with E-state index in [4.69, 9.17) is 11.6 Å². The van der Waals surface area contributed by atoms with E-state index in [2.05, 4.69) is 5.32 Å². The minimum Gasteiger partial charge on any atom is -0.351 e. The third-order valence-corrected chi connectivity index (χ3v) is 7.54. The summed E-state index contributed by atoms with van der Waals surface area (Å²) in [7, 11) is -1.93. The van der Waals surface area contributed by atoms with Crippen molar-refractivity contribution in [3.8, 4) is 0 Å². The average molecular weight is 441 g/mol. The third-order valence-electron chi connectivity index (χ3n) is 4.23. The molecule has 0 saturated heterocycles. The molecule has 0 aromatic heterocycles. The van der Waals surface area contributed by atoms with E-state index in [0.29, 0.717) is 17.3 Å². The van der Waals surface area contributed by atoms with Crippen molar-refractivity contribution in [2.75, 3.05) is 12.8 Å². The molecule has 0 bridgehead atoms. The lowest BCUT2D eigenvalue weighted by Crippen LogP contribution is -2.33. The first-order chi connectivity index (χ1) is 13.2. The van der Waals surface area contributed by atoms with Crippen LogP contribution in [0.15, 0.2) is 53.4 Å². The summed E-state index contributed by atoms with van der Waals surface area (Å²) >= 11 is 7.38. The Hall–Kier alpha value is -1.54. The van der Waals surface area contributed by atoms with Gasteiger partial charge in [0.2, 0.25) is 15.9 Å². The number of carbonyl (C=O) groups is 1. The van der Waals surface area contributed by atoms with Crippen LogP contribution in [0.1, 0.15) is 25.0 Å². The molecule has 0 radical (unpaired) electrons. The van der Waals surface area contributed by atoms with Gasteiger partial charge in [0.05, 0.1) is 10.6 Å². The second-order valence-electron chi connectivity index (χ2n) is 6.65. The SMILES string of the molecule is CC(C)N(C)S(=O)(=O)c1ccc(CNC(=O)CSCc2ccc(Cl)cc2)cc1. The number of thioether (sulfide) groups is 1. The van der Waals surface area contributed by atoms with Gasteiger partial charge >= 0.3 is 0 Å². The average Bonchev–Trinajstić information content (AvgIpc) is 2.67. The molecule has 0 unspecified atom stereocenters. The molecule has 0 spiro atoms. The van der Waals surface area contributed by atoms with Gasteiger partial charge in [-0.3, -0.25) is 4.79 Å². The summed E-state index contributed by atoms with van der Waals surface area (Å²) in [5.74, 6) is 1.03. The van der Waals surface area contributed by atoms with E-state index in [1.54, 1.807) is 31.3 Å². The molecule has 0 saturated carbocycles. The Labute approximate surface area is 176 Å². The molecule has 0 aliphatic carbocycles. The number of carbonyl (C=O) groups excluding carboxylic acids is 1. The van der Waals surface area contributed by atoms with E-state index in [1.165, 1.54) is 16.1 Å². The van der Waals surface area contributed by atoms with Crippen LogP contribution in [-0.4, -0.2) is 37.5 Å². The standard InChI is InChI=1S/C20H25ClN2O3S2/c1-15(2)23(3)28(25,26)19-10-6-16(7-11-19)12-22-20(24)14-27-13-17-4-8-18(21)9-5-17/h4-11,15H,12-14H2,1-3H3,(H,22,24). The number of amides is 1. The highest BCUT2D eigenvalue weighted by molar-refractivity contribution is 7.99. The van der Waals surface area contributed by atoms with Gasteiger partial charge in [0.25, 0.3) is 0 Å². The number of sulfonamides is 1. The molecule has 2 aromatic carbocycles. The Morgan fingerprint density at radius 2 is 1.64 bits per heavy atom. The number of nitrogens with zero attached hydrogens (tertiary/aromatic N) is 1. The Bertz CT molecular complexity index is 883. The molecule has 28 heavy (non-hydrogen) atoms. The maximum atomic E-state index is 12.5. The van der Waals surface area contributed by atoms with E-state index in [9.17, 15) is 13.2 Å². The van der Waals surface area contributed by atoms with Crippen LogP contribution in [0.25, 0.3) is 0 Å². The number of rotatable bonds is 9. The monoisotopic (exact) mass is 440 g/mol. The van der Waals surface area contributed by atoms with Crippen LogP contribution in [0.5, 0.6) is 0 Å². The fourth-order valence-corrected chi connectivity index (χ4v) is 4.63. The zero-order valence-corrected chi connectivity index (χ0v) is 18.6. The van der Waals surface area contributed by atoms with E-state index in [1.807, 2.05) is 38.1 Å². The highest BCUT2D eigenvalue weighted by atomic mass is 35.5. The summed E-state index contributed by atoms with van der Waals surface area (Å²) in [5, 5.41) is 3.55. The predicted octanol–water partition coefficient (Wildman–Crippen LogP) is 3.92. The number of hydrogen-bond donors (Lipinski definition) is 1. The molecule has 2 aromatic rings. The molecule has 0 heterocycles. The highest BCUT2D eigenvalue weighted by Crippen LogP contribution is 2.18. The van der Waals surface area contributed by atoms with Crippen molar-refractivity contribution in [3.05, 3.63) is 64.7 Å². The van der Waals surface area contributed by atoms with Gasteiger partial charge in [0.1, 0.15) is 0 Å². The zero-order valence-electron chi connectivity index (χ0n) is 16.2. The molecule has 0 aliphatic rings. The molecule has 1 amide bonds. The molecule has 0 atom stereocenters. The van der Waals surface area contributed by atoms with Gasteiger partial charge in [0.15, 0.2) is 0 Å². The third kappa shape index (κ3) is 6.51. The smallest absolute Gasteiger partial charge is 0.243 e. The molecule has 2 rings (SSSR count). The van der Waals surface area contributed by atoms with Crippen LogP contribution in [-0.2, 0) is 27.1 Å². The maximum Gasteiger partial charge on any atom is 0.243 e. The molecule has 5 nitrogen and oxygen atoms in total. The van der Waals surface area contributed by atoms with E-state index in [-0.39, 0.29) is 16.8 Å². The van der Waals surface area contributed by atoms with Crippen molar-refractivity contribution in [2.45, 2.75) is 37.1 Å². The zero-order chi connectivity index (χ0) is 20.7. The lowest BCUT2D eigenvalue weighted by atomic mass is 10.2. The molecule has 152 valence electrons. The summed E-state index contributed by atoms with van der Waals surface area (Å²) in [6, 6.07) is 14.0. The minimum absolute atomic E-state index is 0.0600. The normalized spacial score (nSPS) is 11.8. The van der Waals surface area contributed by atoms with Crippen LogP contribution >= 0.6 is 23.4 Å². The van der Waals surface area contributed by atoms with Crippen molar-refractivity contribution in [2.24, 2.45) is 0 Å². The summed E-state index contributed by atoms with van der Waals surface area (Å²) < 4.78 is 26.2. The second kappa shape index (κ2) is 10.3. The molecule has 1 N–H and O–H groups in total. The van der Waals surface area contributed by atoms with E-state index < -0.39 is 10.0 Å². The number of nitrogens with one attached hydrogen (secondary N) is 1. The molecule has 0 aliphatic heterocycles. The van der Waals surface area contributed by atoms with Crippen molar-refractivity contribution in [3.63, 3.8) is 0 Å². The van der Waals surface area contributed by atoms with Gasteiger partial charge in [-0.15, -0.1) is 11.8 Å². The quantitative estimate of drug-likeness (QED) is 0.641. The van der Waals surface area contributed by atoms with Crippen LogP contribution in [0.3, 0.4) is 0 Å². The minimum atomic E-state index is -3.49. The lowest BCUT2D eigenvalue weighted by molar-refractivity contribution is -0.118. The molecular weight excluding hydrogens is 416 g/mol. The predicted molar refractivity (Wildman–Crippen MR) is 116 cm³/mol. The van der Waals surface area contributed by atoms with Crippen LogP contribution < -0.4 is 5.32 Å². The van der Waals surface area contributed by atoms with Crippen LogP contribution in [0.2, 0.25) is 5.02 Å². The second-order valence-corrected chi connectivity index (χ2v) is 10.1. The Morgan fingerprint density at radius 1 is 1.07 bits per heavy atom. The van der Waals surface area contributed by atoms with Crippen molar-refractivity contribution in [1.29, 1.82) is 0 Å². The fourth-order valence-electron chi connectivity index (χ4n) is 2.32. The first-order valence-corrected chi connectivity index (χ1v) is 11.8. The molecular formula is C20H25ClN2O3S2. The van der Waals surface area contributed by atoms with E-state index in [0.717, 1.165) is 16.9 Å². The van der Waals surface area contributed by atoms with Gasteiger partial charge in [0, 0.05) is 30.4 Å². The van der Waals surface area contributed by atoms with Gasteiger partial charge in [-0.2, -0.15) is 4.31 Å². The van der Waals surface area contributed by atoms with Gasteiger partial charge in [-0.05, 0) is 49.2 Å². The highest BCUT2D eigenvalue weighted by Gasteiger charge is 2.22. The maximum absolute atomic E-state index is 12.5. The van der Waals surface area contributed by atoms with Crippen molar-refractivity contribution in [1.82, 2.24) is 9.62 Å². The Kier molecular flexibility index (Phi) is 8.37. The molecule has 8 heteroatoms. The van der Waals surface area contributed by atoms with Gasteiger partial charge in [-0.1, -0.05) is 35.9 Å². The van der Waals surface area contributed by atoms with Gasteiger partial charge < -0.3 is 5.32 Å². The fraction of sp³-hybridized carbons (Fsp3) is 0.350. The van der Waals surface area contributed by atoms with Crippen LogP contribution in [0.4, 0.5) is 0 Å². The number of halogens is 1. The topological polar surface area (TPSA) is 66.5 Å². The number of benzene rings is 2. The largest absolute Gasteiger partial charge is 0.351 e. The van der Waals surface area contributed by atoms with Crippen molar-refractivity contribution >= 4 is 39.3 Å². The summed E-state index contributed by atoms with van der Waals surface area (Å²) in [5.41, 5.74) is 1.97. The summed E-state index contributed by atoms with van der Waals surface area (Å²) in [4.78, 5) is 12.2. The van der Waals surface area contributed by atoms with Crippen LogP contribution in [0, 0.1) is 0 Å². The first kappa shape index (κ1) is 22.7. The number of hydrogen-bond acceptors (Lipinski definition) is 4. The van der Waals surface area contributed by atoms with Crippen molar-refractivity contribution < 1.29 is 13.2 Å². The Balaban J connectivity index is 1.81. The first-order valence-electron chi connectivity index (χ1n) is 8.86. The van der Waals surface area contributed by atoms with Gasteiger partial charge in [-0.25, -0.2) is 8.42 Å². The lowest BCUT2D eigenvalue weighted by Gasteiger charge is -2.21. The van der Waals surface area contributed by atoms with E-state index >= 15 is 0 Å². The molecule has 0 fully saturated rings.